The van der Waals surface area contributed by atoms with Gasteiger partial charge in [-0.1, -0.05) is 80.6 Å². The van der Waals surface area contributed by atoms with Crippen molar-refractivity contribution in [2.24, 2.45) is 10.8 Å². The molecule has 0 N–H and O–H groups in total. The van der Waals surface area contributed by atoms with Gasteiger partial charge in [0, 0.05) is 45.9 Å². The summed E-state index contributed by atoms with van der Waals surface area (Å²) >= 11 is 4.60. The maximum absolute atomic E-state index is 13.4. The zero-order chi connectivity index (χ0) is 23.4. The molecule has 0 aromatic heterocycles. The van der Waals surface area contributed by atoms with Gasteiger partial charge in [0.2, 0.25) is 20.0 Å². The Labute approximate surface area is 218 Å². The standard InChI is InChI=1S/C22H26I2N2O4S2/c1-17-3-7-19(8-4-17)31(27,28)25-13-21(11-23)15-26(16-22(21,12-24)14-25)32(29,30)20-9-5-18(2)6-10-20/h3-10H,11-16H2,1-2H3. The monoisotopic (exact) mass is 700 g/mol. The molecule has 32 heavy (non-hydrogen) atoms. The molecule has 0 atom stereocenters. The third-order valence-corrected chi connectivity index (χ3v) is 13.4. The van der Waals surface area contributed by atoms with E-state index in [2.05, 4.69) is 45.2 Å². The van der Waals surface area contributed by atoms with Crippen LogP contribution in [0.25, 0.3) is 0 Å². The zero-order valence-electron chi connectivity index (χ0n) is 18.0. The highest BCUT2D eigenvalue weighted by Crippen LogP contribution is 2.56. The van der Waals surface area contributed by atoms with Crippen molar-refractivity contribution in [3.05, 3.63) is 59.7 Å². The highest BCUT2D eigenvalue weighted by Gasteiger charge is 2.65. The Morgan fingerprint density at radius 3 is 1.19 bits per heavy atom. The molecule has 2 saturated heterocycles. The number of benzene rings is 2. The first-order valence-corrected chi connectivity index (χ1v) is 16.2. The second-order valence-electron chi connectivity index (χ2n) is 9.00. The van der Waals surface area contributed by atoms with Crippen molar-refractivity contribution in [2.45, 2.75) is 23.6 Å². The molecule has 0 aliphatic carbocycles. The third kappa shape index (κ3) is 3.96. The van der Waals surface area contributed by atoms with Crippen LogP contribution in [0.15, 0.2) is 58.3 Å². The van der Waals surface area contributed by atoms with Crippen molar-refractivity contribution >= 4 is 65.2 Å². The van der Waals surface area contributed by atoms with Crippen LogP contribution in [-0.4, -0.2) is 60.5 Å². The van der Waals surface area contributed by atoms with Crippen LogP contribution in [0.3, 0.4) is 0 Å². The summed E-state index contributed by atoms with van der Waals surface area (Å²) in [6.07, 6.45) is 0. The Balaban J connectivity index is 1.67. The van der Waals surface area contributed by atoms with E-state index in [0.29, 0.717) is 44.8 Å². The van der Waals surface area contributed by atoms with E-state index < -0.39 is 30.9 Å². The maximum Gasteiger partial charge on any atom is 0.243 e. The van der Waals surface area contributed by atoms with Crippen molar-refractivity contribution in [1.29, 1.82) is 0 Å². The molecule has 2 fully saturated rings. The number of fused-ring (bicyclic) bond motifs is 1. The summed E-state index contributed by atoms with van der Waals surface area (Å²) in [5.74, 6) is 0. The largest absolute Gasteiger partial charge is 0.243 e. The molecule has 174 valence electrons. The highest BCUT2D eigenvalue weighted by molar-refractivity contribution is 14.1. The number of aryl methyl sites for hydroxylation is 2. The number of hydrogen-bond donors (Lipinski definition) is 0. The molecule has 2 aliphatic heterocycles. The summed E-state index contributed by atoms with van der Waals surface area (Å²) in [4.78, 5) is 0.582. The lowest BCUT2D eigenvalue weighted by atomic mass is 9.71. The Kier molecular flexibility index (Phi) is 6.78. The van der Waals surface area contributed by atoms with E-state index >= 15 is 0 Å². The predicted molar refractivity (Wildman–Crippen MR) is 143 cm³/mol. The van der Waals surface area contributed by atoms with Gasteiger partial charge in [-0.25, -0.2) is 16.8 Å². The molecule has 0 radical (unpaired) electrons. The molecular weight excluding hydrogens is 674 g/mol. The minimum absolute atomic E-state index is 0.291. The summed E-state index contributed by atoms with van der Waals surface area (Å²) in [5, 5.41) is 0. The van der Waals surface area contributed by atoms with Crippen LogP contribution in [0.1, 0.15) is 11.1 Å². The molecule has 0 amide bonds. The van der Waals surface area contributed by atoms with Crippen molar-refractivity contribution in [3.8, 4) is 0 Å². The number of rotatable bonds is 6. The maximum atomic E-state index is 13.4. The van der Waals surface area contributed by atoms with E-state index in [1.165, 1.54) is 0 Å². The second-order valence-corrected chi connectivity index (χ2v) is 14.4. The fraction of sp³-hybridized carbons (Fsp3) is 0.455. The average Bonchev–Trinajstić information content (AvgIpc) is 3.25. The molecule has 2 aromatic rings. The van der Waals surface area contributed by atoms with E-state index in [9.17, 15) is 16.8 Å². The fourth-order valence-corrected chi connectivity index (χ4v) is 10.6. The van der Waals surface area contributed by atoms with Gasteiger partial charge in [-0.2, -0.15) is 8.61 Å². The summed E-state index contributed by atoms with van der Waals surface area (Å²) in [5.41, 5.74) is 1.16. The van der Waals surface area contributed by atoms with Gasteiger partial charge < -0.3 is 0 Å². The number of nitrogens with zero attached hydrogens (tertiary/aromatic N) is 2. The Morgan fingerprint density at radius 2 is 0.938 bits per heavy atom. The lowest BCUT2D eigenvalue weighted by molar-refractivity contribution is 0.233. The van der Waals surface area contributed by atoms with Crippen molar-refractivity contribution in [1.82, 2.24) is 8.61 Å². The zero-order valence-corrected chi connectivity index (χ0v) is 23.9. The van der Waals surface area contributed by atoms with Gasteiger partial charge in [-0.3, -0.25) is 0 Å². The van der Waals surface area contributed by atoms with Crippen LogP contribution in [0, 0.1) is 24.7 Å². The lowest BCUT2D eigenvalue weighted by Crippen LogP contribution is -2.42. The number of hydrogen-bond acceptors (Lipinski definition) is 4. The van der Waals surface area contributed by atoms with E-state index in [1.807, 2.05) is 38.1 Å². The summed E-state index contributed by atoms with van der Waals surface area (Å²) in [6.45, 7) is 5.17. The van der Waals surface area contributed by atoms with Crippen molar-refractivity contribution < 1.29 is 16.8 Å². The van der Waals surface area contributed by atoms with Crippen LogP contribution < -0.4 is 0 Å². The SMILES string of the molecule is Cc1ccc(S(=O)(=O)N2CC3(CI)CN(S(=O)(=O)c4ccc(C)cc4)CC3(CI)C2)cc1. The highest BCUT2D eigenvalue weighted by atomic mass is 127. The van der Waals surface area contributed by atoms with Crippen molar-refractivity contribution in [3.63, 3.8) is 0 Å². The molecule has 6 nitrogen and oxygen atoms in total. The van der Waals surface area contributed by atoms with Crippen LogP contribution in [0.5, 0.6) is 0 Å². The molecular formula is C22H26I2N2O4S2. The minimum Gasteiger partial charge on any atom is -0.207 e. The van der Waals surface area contributed by atoms with Crippen molar-refractivity contribution in [2.75, 3.05) is 35.0 Å². The molecule has 2 heterocycles. The fourth-order valence-electron chi connectivity index (χ4n) is 4.74. The van der Waals surface area contributed by atoms with E-state index in [-0.39, 0.29) is 0 Å². The molecule has 4 rings (SSSR count). The van der Waals surface area contributed by atoms with E-state index in [4.69, 9.17) is 0 Å². The number of halogens is 2. The first-order valence-electron chi connectivity index (χ1n) is 10.3. The normalized spacial score (nSPS) is 27.0. The predicted octanol–water partition coefficient (Wildman–Crippen LogP) is 3.86. The average molecular weight is 700 g/mol. The Bertz CT molecular complexity index is 1100. The van der Waals surface area contributed by atoms with Crippen LogP contribution in [0.2, 0.25) is 0 Å². The summed E-state index contributed by atoms with van der Waals surface area (Å²) in [7, 11) is -7.29. The van der Waals surface area contributed by atoms with Crippen LogP contribution >= 0.6 is 45.2 Å². The molecule has 0 bridgehead atoms. The van der Waals surface area contributed by atoms with E-state index in [1.54, 1.807) is 32.9 Å². The number of alkyl halides is 2. The van der Waals surface area contributed by atoms with Gasteiger partial charge in [0.15, 0.2) is 0 Å². The number of sulfonamides is 2. The third-order valence-electron chi connectivity index (χ3n) is 6.87. The van der Waals surface area contributed by atoms with Gasteiger partial charge in [0.05, 0.1) is 9.79 Å². The summed E-state index contributed by atoms with van der Waals surface area (Å²) < 4.78 is 58.2. The first-order chi connectivity index (χ1) is 15.0. The topological polar surface area (TPSA) is 74.8 Å². The Morgan fingerprint density at radius 1 is 0.656 bits per heavy atom. The van der Waals surface area contributed by atoms with Crippen LogP contribution in [0.4, 0.5) is 0 Å². The van der Waals surface area contributed by atoms with Gasteiger partial charge in [0.25, 0.3) is 0 Å². The quantitative estimate of drug-likeness (QED) is 0.339. The van der Waals surface area contributed by atoms with Gasteiger partial charge in [-0.15, -0.1) is 0 Å². The van der Waals surface area contributed by atoms with Crippen LogP contribution in [-0.2, 0) is 20.0 Å². The molecule has 2 aliphatic rings. The molecule has 2 aromatic carbocycles. The molecule has 0 saturated carbocycles. The summed E-state index contributed by atoms with van der Waals surface area (Å²) in [6, 6.07) is 13.8. The first kappa shape index (κ1) is 24.8. The second kappa shape index (κ2) is 8.74. The van der Waals surface area contributed by atoms with Gasteiger partial charge in [0.1, 0.15) is 0 Å². The minimum atomic E-state index is -3.65. The molecule has 0 spiro atoms. The van der Waals surface area contributed by atoms with Gasteiger partial charge in [-0.05, 0) is 38.1 Å². The molecule has 10 heteroatoms. The van der Waals surface area contributed by atoms with E-state index in [0.717, 1.165) is 11.1 Å². The Hall–Kier alpha value is -0.280. The lowest BCUT2D eigenvalue weighted by Gasteiger charge is -2.35. The molecule has 0 unspecified atom stereocenters. The smallest absolute Gasteiger partial charge is 0.207 e. The van der Waals surface area contributed by atoms with Gasteiger partial charge >= 0.3 is 0 Å².